The van der Waals surface area contributed by atoms with Crippen molar-refractivity contribution in [3.8, 4) is 0 Å². The van der Waals surface area contributed by atoms with E-state index in [1.165, 1.54) is 44.9 Å². The van der Waals surface area contributed by atoms with E-state index in [2.05, 4.69) is 20.4 Å². The lowest BCUT2D eigenvalue weighted by Gasteiger charge is -2.03. The maximum Gasteiger partial charge on any atom is 0.290 e. The van der Waals surface area contributed by atoms with Gasteiger partial charge in [-0.1, -0.05) is 52.0 Å². The molecular weight excluding hydrogens is 188 g/mol. The van der Waals surface area contributed by atoms with Gasteiger partial charge in [0.25, 0.3) is 6.47 Å². The molecule has 0 atom stereocenters. The summed E-state index contributed by atoms with van der Waals surface area (Å²) in [6, 6.07) is 0. The second-order valence-corrected chi connectivity index (χ2v) is 4.13. The lowest BCUT2D eigenvalue weighted by Crippen LogP contribution is -1.86. The standard InChI is InChI=1S/C12H24.CH2O2/c1-4-5-6-7-8-9-10-11-12(2)3;2-1-3/h4,12H,1,5-11H2,2-3H3;1H,(H,2,3). The summed E-state index contributed by atoms with van der Waals surface area (Å²) in [6.07, 6.45) is 11.6. The monoisotopic (exact) mass is 214 g/mol. The Morgan fingerprint density at radius 2 is 1.60 bits per heavy atom. The average molecular weight is 214 g/mol. The summed E-state index contributed by atoms with van der Waals surface area (Å²) >= 11 is 0. The maximum absolute atomic E-state index is 8.36. The van der Waals surface area contributed by atoms with Crippen molar-refractivity contribution in [3.63, 3.8) is 0 Å². The molecule has 0 amide bonds. The van der Waals surface area contributed by atoms with Crippen molar-refractivity contribution in [2.24, 2.45) is 5.92 Å². The molecule has 0 saturated carbocycles. The Bertz CT molecular complexity index is 130. The van der Waals surface area contributed by atoms with Gasteiger partial charge in [-0.3, -0.25) is 4.79 Å². The Morgan fingerprint density at radius 1 is 1.13 bits per heavy atom. The lowest BCUT2D eigenvalue weighted by molar-refractivity contribution is -0.122. The van der Waals surface area contributed by atoms with Gasteiger partial charge in [0.15, 0.2) is 0 Å². The largest absolute Gasteiger partial charge is 0.483 e. The van der Waals surface area contributed by atoms with Crippen LogP contribution in [-0.4, -0.2) is 11.6 Å². The minimum absolute atomic E-state index is 0.250. The van der Waals surface area contributed by atoms with E-state index < -0.39 is 0 Å². The van der Waals surface area contributed by atoms with Crippen LogP contribution in [0.5, 0.6) is 0 Å². The molecule has 0 unspecified atom stereocenters. The van der Waals surface area contributed by atoms with Gasteiger partial charge in [0, 0.05) is 0 Å². The van der Waals surface area contributed by atoms with E-state index in [1.807, 2.05) is 6.08 Å². The molecule has 0 saturated heterocycles. The molecule has 0 fully saturated rings. The molecule has 0 aliphatic heterocycles. The van der Waals surface area contributed by atoms with Gasteiger partial charge in [0.2, 0.25) is 0 Å². The highest BCUT2D eigenvalue weighted by molar-refractivity contribution is 5.32. The zero-order valence-electron chi connectivity index (χ0n) is 10.2. The van der Waals surface area contributed by atoms with E-state index in [4.69, 9.17) is 9.90 Å². The Kier molecular flexibility index (Phi) is 17.4. The number of unbranched alkanes of at least 4 members (excludes halogenated alkanes) is 5. The highest BCUT2D eigenvalue weighted by atomic mass is 16.3. The third-order valence-corrected chi connectivity index (χ3v) is 2.19. The van der Waals surface area contributed by atoms with E-state index in [-0.39, 0.29) is 6.47 Å². The number of hydrogen-bond donors (Lipinski definition) is 1. The summed E-state index contributed by atoms with van der Waals surface area (Å²) in [6.45, 7) is 8.07. The molecule has 0 aromatic rings. The smallest absolute Gasteiger partial charge is 0.290 e. The van der Waals surface area contributed by atoms with Gasteiger partial charge in [-0.05, 0) is 18.8 Å². The van der Waals surface area contributed by atoms with E-state index in [9.17, 15) is 0 Å². The molecule has 0 aromatic heterocycles. The fraction of sp³-hybridized carbons (Fsp3) is 0.769. The van der Waals surface area contributed by atoms with Crippen molar-refractivity contribution in [2.75, 3.05) is 0 Å². The molecule has 0 aliphatic rings. The highest BCUT2D eigenvalue weighted by Crippen LogP contribution is 2.11. The molecule has 2 nitrogen and oxygen atoms in total. The Hall–Kier alpha value is -0.790. The molecule has 0 aromatic carbocycles. The van der Waals surface area contributed by atoms with Gasteiger partial charge in [-0.2, -0.15) is 0 Å². The first-order valence-corrected chi connectivity index (χ1v) is 5.87. The van der Waals surface area contributed by atoms with Crippen LogP contribution >= 0.6 is 0 Å². The van der Waals surface area contributed by atoms with Crippen LogP contribution in [0.4, 0.5) is 0 Å². The van der Waals surface area contributed by atoms with Gasteiger partial charge in [0.1, 0.15) is 0 Å². The molecule has 0 radical (unpaired) electrons. The molecule has 0 rings (SSSR count). The summed E-state index contributed by atoms with van der Waals surface area (Å²) in [5.41, 5.74) is 0. The predicted molar refractivity (Wildman–Crippen MR) is 66.0 cm³/mol. The van der Waals surface area contributed by atoms with Gasteiger partial charge in [-0.25, -0.2) is 0 Å². The van der Waals surface area contributed by atoms with E-state index in [0.29, 0.717) is 0 Å². The van der Waals surface area contributed by atoms with Crippen LogP contribution < -0.4 is 0 Å². The molecule has 0 spiro atoms. The van der Waals surface area contributed by atoms with Crippen molar-refractivity contribution >= 4 is 6.47 Å². The van der Waals surface area contributed by atoms with E-state index >= 15 is 0 Å². The highest BCUT2D eigenvalue weighted by Gasteiger charge is 1.93. The second-order valence-electron chi connectivity index (χ2n) is 4.13. The Labute approximate surface area is 94.4 Å². The zero-order valence-corrected chi connectivity index (χ0v) is 10.2. The fourth-order valence-electron chi connectivity index (χ4n) is 1.37. The van der Waals surface area contributed by atoms with Crippen LogP contribution in [0.3, 0.4) is 0 Å². The Morgan fingerprint density at radius 3 is 2.07 bits per heavy atom. The second kappa shape index (κ2) is 15.7. The van der Waals surface area contributed by atoms with Gasteiger partial charge in [-0.15, -0.1) is 6.58 Å². The molecule has 0 bridgehead atoms. The SMILES string of the molecule is C=CCCCCCCCC(C)C.O=CO. The number of rotatable bonds is 8. The van der Waals surface area contributed by atoms with Crippen LogP contribution in [0.2, 0.25) is 0 Å². The zero-order chi connectivity index (χ0) is 11.9. The number of carbonyl (C=O) groups is 1. The minimum atomic E-state index is -0.250. The molecule has 2 heteroatoms. The van der Waals surface area contributed by atoms with Gasteiger partial charge in [0.05, 0.1) is 0 Å². The first kappa shape index (κ1) is 16.6. The van der Waals surface area contributed by atoms with E-state index in [0.717, 1.165) is 5.92 Å². The normalized spacial score (nSPS) is 9.27. The van der Waals surface area contributed by atoms with Crippen LogP contribution in [-0.2, 0) is 4.79 Å². The number of allylic oxidation sites excluding steroid dienone is 1. The van der Waals surface area contributed by atoms with E-state index in [1.54, 1.807) is 0 Å². The molecule has 15 heavy (non-hydrogen) atoms. The average Bonchev–Trinajstić information content (AvgIpc) is 2.17. The first-order chi connectivity index (χ1) is 7.18. The predicted octanol–water partition coefficient (Wildman–Crippen LogP) is 4.26. The fourth-order valence-corrected chi connectivity index (χ4v) is 1.37. The molecular formula is C13H26O2. The quantitative estimate of drug-likeness (QED) is 0.372. The van der Waals surface area contributed by atoms with Gasteiger partial charge >= 0.3 is 0 Å². The summed E-state index contributed by atoms with van der Waals surface area (Å²) in [5, 5.41) is 6.89. The van der Waals surface area contributed by atoms with Crippen molar-refractivity contribution in [3.05, 3.63) is 12.7 Å². The van der Waals surface area contributed by atoms with Crippen LogP contribution in [0, 0.1) is 5.92 Å². The third kappa shape index (κ3) is 24.6. The van der Waals surface area contributed by atoms with Crippen molar-refractivity contribution in [1.82, 2.24) is 0 Å². The first-order valence-electron chi connectivity index (χ1n) is 5.87. The summed E-state index contributed by atoms with van der Waals surface area (Å²) in [7, 11) is 0. The molecule has 90 valence electrons. The topological polar surface area (TPSA) is 37.3 Å². The lowest BCUT2D eigenvalue weighted by atomic mass is 10.0. The Balaban J connectivity index is 0. The van der Waals surface area contributed by atoms with Crippen molar-refractivity contribution in [2.45, 2.75) is 58.8 Å². The van der Waals surface area contributed by atoms with Crippen LogP contribution in [0.25, 0.3) is 0 Å². The van der Waals surface area contributed by atoms with Gasteiger partial charge < -0.3 is 5.11 Å². The molecule has 1 N–H and O–H groups in total. The molecule has 0 aliphatic carbocycles. The summed E-state index contributed by atoms with van der Waals surface area (Å²) in [4.78, 5) is 8.36. The number of carboxylic acid groups (broad SMARTS) is 1. The summed E-state index contributed by atoms with van der Waals surface area (Å²) in [5.74, 6) is 0.887. The maximum atomic E-state index is 8.36. The van der Waals surface area contributed by atoms with Crippen molar-refractivity contribution in [1.29, 1.82) is 0 Å². The summed E-state index contributed by atoms with van der Waals surface area (Å²) < 4.78 is 0. The van der Waals surface area contributed by atoms with Crippen LogP contribution in [0.15, 0.2) is 12.7 Å². The third-order valence-electron chi connectivity index (χ3n) is 2.19. The van der Waals surface area contributed by atoms with Crippen LogP contribution in [0.1, 0.15) is 58.8 Å². The number of hydrogen-bond acceptors (Lipinski definition) is 1. The minimum Gasteiger partial charge on any atom is -0.483 e. The molecule has 0 heterocycles. The van der Waals surface area contributed by atoms with Crippen molar-refractivity contribution < 1.29 is 9.90 Å².